The zero-order valence-electron chi connectivity index (χ0n) is 10.5. The highest BCUT2D eigenvalue weighted by atomic mass is 16.5. The first kappa shape index (κ1) is 13.9. The van der Waals surface area contributed by atoms with E-state index in [4.69, 9.17) is 16.3 Å². The van der Waals surface area contributed by atoms with Gasteiger partial charge in [0, 0.05) is 25.2 Å². The molecule has 0 bridgehead atoms. The van der Waals surface area contributed by atoms with Gasteiger partial charge in [-0.3, -0.25) is 16.3 Å². The van der Waals surface area contributed by atoms with Gasteiger partial charge in [0.25, 0.3) is 0 Å². The zero-order valence-corrected chi connectivity index (χ0v) is 10.5. The largest absolute Gasteiger partial charge is 0.398 e. The van der Waals surface area contributed by atoms with Crippen LogP contribution in [-0.2, 0) is 11.2 Å². The molecular formula is C12H22N4O. The van der Waals surface area contributed by atoms with Crippen molar-refractivity contribution in [3.63, 3.8) is 0 Å². The maximum Gasteiger partial charge on any atom is 0.0740 e. The summed E-state index contributed by atoms with van der Waals surface area (Å²) in [6, 6.07) is 1.84. The lowest BCUT2D eigenvalue weighted by Crippen LogP contribution is -2.46. The van der Waals surface area contributed by atoms with Gasteiger partial charge in [0.2, 0.25) is 0 Å². The fourth-order valence-electron chi connectivity index (χ4n) is 1.91. The highest BCUT2D eigenvalue weighted by molar-refractivity contribution is 5.44. The van der Waals surface area contributed by atoms with Crippen molar-refractivity contribution < 1.29 is 4.74 Å². The van der Waals surface area contributed by atoms with Gasteiger partial charge >= 0.3 is 0 Å². The van der Waals surface area contributed by atoms with Gasteiger partial charge in [0.15, 0.2) is 0 Å². The van der Waals surface area contributed by atoms with Gasteiger partial charge in [-0.05, 0) is 24.5 Å². The van der Waals surface area contributed by atoms with Gasteiger partial charge < -0.3 is 10.5 Å². The van der Waals surface area contributed by atoms with Crippen molar-refractivity contribution in [3.8, 4) is 0 Å². The number of methoxy groups -OCH3 is 1. The highest BCUT2D eigenvalue weighted by Gasteiger charge is 2.20. The molecule has 0 aliphatic carbocycles. The number of ether oxygens (including phenoxy) is 1. The van der Waals surface area contributed by atoms with Crippen molar-refractivity contribution in [2.45, 2.75) is 38.3 Å². The molecular weight excluding hydrogens is 216 g/mol. The molecule has 5 heteroatoms. The predicted octanol–water partition coefficient (Wildman–Crippen LogP) is 0.853. The van der Waals surface area contributed by atoms with E-state index in [0.29, 0.717) is 6.42 Å². The van der Waals surface area contributed by atoms with E-state index in [-0.39, 0.29) is 12.1 Å². The van der Waals surface area contributed by atoms with E-state index < -0.39 is 0 Å². The molecule has 1 aromatic rings. The molecule has 2 atom stereocenters. The summed E-state index contributed by atoms with van der Waals surface area (Å²) in [7, 11) is 1.71. The van der Waals surface area contributed by atoms with Crippen molar-refractivity contribution in [1.82, 2.24) is 10.4 Å². The SMILES string of the molecule is CCCC(OC)C(Cc1cnccc1N)NN. The van der Waals surface area contributed by atoms with Crippen LogP contribution >= 0.6 is 0 Å². The van der Waals surface area contributed by atoms with Crippen LogP contribution in [0.2, 0.25) is 0 Å². The van der Waals surface area contributed by atoms with Gasteiger partial charge in [-0.2, -0.15) is 0 Å². The maximum absolute atomic E-state index is 5.89. The minimum absolute atomic E-state index is 0.0476. The second kappa shape index (κ2) is 7.21. The summed E-state index contributed by atoms with van der Waals surface area (Å²) in [6.07, 6.45) is 6.28. The minimum atomic E-state index is 0.0476. The fraction of sp³-hybridized carbons (Fsp3) is 0.583. The standard InChI is InChI=1S/C12H22N4O/c1-3-4-12(17-2)11(16-14)7-9-8-15-6-5-10(9)13/h5-6,8,11-12,16H,3-4,7,14H2,1-2H3,(H2,13,15). The van der Waals surface area contributed by atoms with Crippen molar-refractivity contribution >= 4 is 5.69 Å². The Morgan fingerprint density at radius 3 is 2.82 bits per heavy atom. The molecule has 0 saturated heterocycles. The van der Waals surface area contributed by atoms with E-state index in [2.05, 4.69) is 17.3 Å². The Hall–Kier alpha value is -1.17. The fourth-order valence-corrected chi connectivity index (χ4v) is 1.91. The first-order valence-electron chi connectivity index (χ1n) is 5.90. The maximum atomic E-state index is 5.89. The molecule has 2 unspecified atom stereocenters. The Morgan fingerprint density at radius 2 is 2.29 bits per heavy atom. The van der Waals surface area contributed by atoms with Gasteiger partial charge in [-0.15, -0.1) is 0 Å². The molecule has 5 N–H and O–H groups in total. The van der Waals surface area contributed by atoms with E-state index in [0.717, 1.165) is 24.1 Å². The number of pyridine rings is 1. The molecule has 1 rings (SSSR count). The number of rotatable bonds is 7. The average molecular weight is 238 g/mol. The smallest absolute Gasteiger partial charge is 0.0740 e. The van der Waals surface area contributed by atoms with Gasteiger partial charge in [0.05, 0.1) is 12.1 Å². The number of hydrogen-bond donors (Lipinski definition) is 3. The zero-order chi connectivity index (χ0) is 12.7. The third-order valence-corrected chi connectivity index (χ3v) is 2.92. The number of nitrogens with two attached hydrogens (primary N) is 2. The van der Waals surface area contributed by atoms with Crippen LogP contribution in [0.1, 0.15) is 25.3 Å². The Balaban J connectivity index is 2.72. The summed E-state index contributed by atoms with van der Waals surface area (Å²) in [5.74, 6) is 5.59. The van der Waals surface area contributed by atoms with E-state index in [9.17, 15) is 0 Å². The van der Waals surface area contributed by atoms with Crippen LogP contribution in [0.15, 0.2) is 18.5 Å². The van der Waals surface area contributed by atoms with Crippen LogP contribution in [0.5, 0.6) is 0 Å². The Kier molecular flexibility index (Phi) is 5.90. The summed E-state index contributed by atoms with van der Waals surface area (Å²) in [6.45, 7) is 2.12. The summed E-state index contributed by atoms with van der Waals surface area (Å²) in [4.78, 5) is 4.07. The van der Waals surface area contributed by atoms with Gasteiger partial charge in [-0.1, -0.05) is 13.3 Å². The molecule has 0 radical (unpaired) electrons. The number of nitrogens with zero attached hydrogens (tertiary/aromatic N) is 1. The van der Waals surface area contributed by atoms with Gasteiger partial charge in [0.1, 0.15) is 0 Å². The Morgan fingerprint density at radius 1 is 1.53 bits per heavy atom. The minimum Gasteiger partial charge on any atom is -0.398 e. The topological polar surface area (TPSA) is 86.2 Å². The lowest BCUT2D eigenvalue weighted by atomic mass is 9.99. The number of nitrogen functional groups attached to an aromatic ring is 1. The average Bonchev–Trinajstić information content (AvgIpc) is 2.35. The number of hydrazine groups is 1. The molecule has 0 saturated carbocycles. The monoisotopic (exact) mass is 238 g/mol. The van der Waals surface area contributed by atoms with Crippen LogP contribution in [-0.4, -0.2) is 24.2 Å². The molecule has 0 fully saturated rings. The third kappa shape index (κ3) is 3.96. The predicted molar refractivity (Wildman–Crippen MR) is 69.2 cm³/mol. The second-order valence-corrected chi connectivity index (χ2v) is 4.11. The van der Waals surface area contributed by atoms with Crippen LogP contribution < -0.4 is 17.0 Å². The quantitative estimate of drug-likeness (QED) is 0.484. The van der Waals surface area contributed by atoms with E-state index in [1.807, 2.05) is 0 Å². The van der Waals surface area contributed by atoms with Crippen molar-refractivity contribution in [2.24, 2.45) is 5.84 Å². The molecule has 5 nitrogen and oxygen atoms in total. The third-order valence-electron chi connectivity index (χ3n) is 2.92. The molecule has 0 aromatic carbocycles. The lowest BCUT2D eigenvalue weighted by Gasteiger charge is -2.25. The molecule has 0 spiro atoms. The van der Waals surface area contributed by atoms with Crippen LogP contribution in [0.25, 0.3) is 0 Å². The molecule has 1 heterocycles. The Labute approximate surface area is 103 Å². The lowest BCUT2D eigenvalue weighted by molar-refractivity contribution is 0.0609. The van der Waals surface area contributed by atoms with Crippen LogP contribution in [0, 0.1) is 0 Å². The molecule has 0 aliphatic heterocycles. The summed E-state index contributed by atoms with van der Waals surface area (Å²) >= 11 is 0. The van der Waals surface area contributed by atoms with Gasteiger partial charge in [-0.25, -0.2) is 0 Å². The number of anilines is 1. The summed E-state index contributed by atoms with van der Waals surface area (Å²) in [5.41, 5.74) is 10.4. The number of hydrogen-bond acceptors (Lipinski definition) is 5. The van der Waals surface area contributed by atoms with E-state index in [1.54, 1.807) is 25.6 Å². The van der Waals surface area contributed by atoms with Crippen molar-refractivity contribution in [1.29, 1.82) is 0 Å². The molecule has 17 heavy (non-hydrogen) atoms. The molecule has 96 valence electrons. The number of nitrogens with one attached hydrogen (secondary N) is 1. The molecule has 0 amide bonds. The van der Waals surface area contributed by atoms with E-state index in [1.165, 1.54) is 0 Å². The molecule has 1 aromatic heterocycles. The first-order valence-corrected chi connectivity index (χ1v) is 5.90. The normalized spacial score (nSPS) is 14.5. The van der Waals surface area contributed by atoms with Crippen molar-refractivity contribution in [2.75, 3.05) is 12.8 Å². The summed E-state index contributed by atoms with van der Waals surface area (Å²) < 4.78 is 5.45. The number of aromatic nitrogens is 1. The van der Waals surface area contributed by atoms with Crippen LogP contribution in [0.3, 0.4) is 0 Å². The molecule has 0 aliphatic rings. The second-order valence-electron chi connectivity index (χ2n) is 4.11. The summed E-state index contributed by atoms with van der Waals surface area (Å²) in [5, 5.41) is 0. The van der Waals surface area contributed by atoms with E-state index >= 15 is 0 Å². The highest BCUT2D eigenvalue weighted by Crippen LogP contribution is 2.15. The van der Waals surface area contributed by atoms with Crippen LogP contribution in [0.4, 0.5) is 5.69 Å². The van der Waals surface area contributed by atoms with Crippen molar-refractivity contribution in [3.05, 3.63) is 24.0 Å². The first-order chi connectivity index (χ1) is 8.22. The Bertz CT molecular complexity index is 332.